The summed E-state index contributed by atoms with van der Waals surface area (Å²) in [5.41, 5.74) is 0.107. The zero-order valence-electron chi connectivity index (χ0n) is 31.6. The molecule has 0 amide bonds. The molecule has 60 heavy (non-hydrogen) atoms. The van der Waals surface area contributed by atoms with E-state index in [9.17, 15) is 51.9 Å². The molecule has 2 heterocycles. The van der Waals surface area contributed by atoms with Gasteiger partial charge in [-0.25, -0.2) is 33.7 Å². The zero-order chi connectivity index (χ0) is 39.9. The van der Waals surface area contributed by atoms with Crippen molar-refractivity contribution in [3.63, 3.8) is 0 Å². The molecule has 284 valence electrons. The smallest absolute Gasteiger partial charge is 0.744 e. The summed E-state index contributed by atoms with van der Waals surface area (Å²) in [6.45, 7) is 0. The summed E-state index contributed by atoms with van der Waals surface area (Å²) in [7, 11) is -20.2. The first kappa shape index (κ1) is 50.7. The maximum atomic E-state index is 12.5. The van der Waals surface area contributed by atoms with Gasteiger partial charge in [-0.3, -0.25) is 0 Å². The van der Waals surface area contributed by atoms with Gasteiger partial charge in [0.1, 0.15) is 62.5 Å². The Balaban J connectivity index is 0.00000198. The van der Waals surface area contributed by atoms with Gasteiger partial charge in [-0.05, 0) is 53.6 Å². The zero-order valence-corrected chi connectivity index (χ0v) is 42.9. The molecule has 0 N–H and O–H groups in total. The normalized spacial score (nSPS) is 12.3. The molecular weight excluding hydrogens is 905 g/mol. The molecule has 8 aromatic rings. The molecule has 0 aliphatic heterocycles. The molecule has 18 nitrogen and oxygen atoms in total. The van der Waals surface area contributed by atoms with Crippen LogP contribution in [0.5, 0.6) is 0 Å². The predicted octanol–water partition coefficient (Wildman–Crippen LogP) is -8.74. The second-order valence-corrected chi connectivity index (χ2v) is 17.5. The molecule has 8 rings (SSSR count). The van der Waals surface area contributed by atoms with Crippen LogP contribution in [0.1, 0.15) is 11.1 Å². The van der Waals surface area contributed by atoms with Crippen molar-refractivity contribution in [3.8, 4) is 11.4 Å². The van der Waals surface area contributed by atoms with Gasteiger partial charge in [0.05, 0.1) is 31.0 Å². The fourth-order valence-corrected chi connectivity index (χ4v) is 9.03. The van der Waals surface area contributed by atoms with E-state index >= 15 is 0 Å². The van der Waals surface area contributed by atoms with Crippen molar-refractivity contribution in [2.24, 2.45) is 0 Å². The van der Waals surface area contributed by atoms with Gasteiger partial charge in [0.15, 0.2) is 0 Å². The van der Waals surface area contributed by atoms with Crippen LogP contribution < -0.4 is 118 Å². The Hall–Kier alpha value is -1.98. The Morgan fingerprint density at radius 1 is 0.400 bits per heavy atom. The third-order valence-electron chi connectivity index (χ3n) is 8.70. The van der Waals surface area contributed by atoms with E-state index in [2.05, 4.69) is 20.4 Å². The van der Waals surface area contributed by atoms with Crippen molar-refractivity contribution in [3.05, 3.63) is 108 Å². The predicted molar refractivity (Wildman–Crippen MR) is 194 cm³/mol. The van der Waals surface area contributed by atoms with Crippen molar-refractivity contribution < 1.29 is 170 Å². The summed E-state index contributed by atoms with van der Waals surface area (Å²) in [6, 6.07) is 20.9. The molecule has 0 saturated heterocycles. The molecule has 0 atom stereocenters. The van der Waals surface area contributed by atoms with Gasteiger partial charge in [0.2, 0.25) is 0 Å². The first-order valence-corrected chi connectivity index (χ1v) is 21.3. The first-order valence-electron chi connectivity index (χ1n) is 15.7. The topological polar surface area (TPSA) is 290 Å². The Bertz CT molecular complexity index is 3510. The molecular formula is C34H18N6Na4O12S4. The van der Waals surface area contributed by atoms with E-state index in [0.29, 0.717) is 0 Å². The number of benzene rings is 6. The number of rotatable bonds is 8. The summed E-state index contributed by atoms with van der Waals surface area (Å²) in [5, 5.41) is 17.9. The van der Waals surface area contributed by atoms with Crippen LogP contribution in [0.25, 0.3) is 67.1 Å². The van der Waals surface area contributed by atoms with Gasteiger partial charge in [0, 0.05) is 21.5 Å². The summed E-state index contributed by atoms with van der Waals surface area (Å²) in [6.07, 6.45) is 2.19. The minimum absolute atomic E-state index is 0. The molecule has 0 aliphatic carbocycles. The summed E-state index contributed by atoms with van der Waals surface area (Å²) >= 11 is 0. The van der Waals surface area contributed by atoms with Gasteiger partial charge < -0.3 is 18.2 Å². The molecule has 0 aliphatic rings. The molecule has 0 saturated carbocycles. The van der Waals surface area contributed by atoms with E-state index in [4.69, 9.17) is 0 Å². The quantitative estimate of drug-likeness (QED) is 0.0777. The molecule has 0 spiro atoms. The van der Waals surface area contributed by atoms with Gasteiger partial charge in [-0.15, -0.1) is 20.4 Å². The Morgan fingerprint density at radius 2 is 0.817 bits per heavy atom. The minimum atomic E-state index is -5.22. The minimum Gasteiger partial charge on any atom is -0.744 e. The van der Waals surface area contributed by atoms with Crippen molar-refractivity contribution in [1.82, 2.24) is 30.0 Å². The van der Waals surface area contributed by atoms with E-state index in [1.54, 1.807) is 6.07 Å². The van der Waals surface area contributed by atoms with Crippen molar-refractivity contribution in [2.75, 3.05) is 0 Å². The average molecular weight is 923 g/mol. The molecule has 0 fully saturated rings. The first-order chi connectivity index (χ1) is 26.3. The number of aromatic nitrogens is 6. The molecule has 2 aromatic heterocycles. The largest absolute Gasteiger partial charge is 1.00 e. The third-order valence-corrected chi connectivity index (χ3v) is 12.3. The van der Waals surface area contributed by atoms with Crippen LogP contribution in [-0.4, -0.2) is 81.9 Å². The molecule has 0 radical (unpaired) electrons. The standard InChI is InChI=1S/C34H22N6O12S4.4Na/c41-53(42,43)29-7-3-6-26-24(29)14-15-27-33(26)37-39(35-27)21-12-10-19(30(16-21)54(44,45)46)8-9-20-11-13-22(17-31(20)55(47,48)49)40-36-28-18-32(56(50,51)52)23-4-1-2-5-25(23)34(28)38-40;;;;/h1-18H,(H,41,42,43)(H,44,45,46)(H,47,48,49)(H,50,51,52);;;;/q;4*+1/p-4/b9-8+;;;;. The van der Waals surface area contributed by atoms with Crippen molar-refractivity contribution >= 4 is 96.2 Å². The molecule has 6 aromatic carbocycles. The fourth-order valence-electron chi connectivity index (χ4n) is 6.26. The Morgan fingerprint density at radius 3 is 1.30 bits per heavy atom. The van der Waals surface area contributed by atoms with Gasteiger partial charge in [-0.1, -0.05) is 66.7 Å². The summed E-state index contributed by atoms with van der Waals surface area (Å²) < 4.78 is 146. The van der Waals surface area contributed by atoms with Crippen molar-refractivity contribution in [1.29, 1.82) is 0 Å². The Labute approximate surface area is 429 Å². The van der Waals surface area contributed by atoms with Gasteiger partial charge in [0.25, 0.3) is 0 Å². The fraction of sp³-hybridized carbons (Fsp3) is 0. The maximum absolute atomic E-state index is 12.5. The van der Waals surface area contributed by atoms with Crippen LogP contribution in [0.15, 0.2) is 117 Å². The summed E-state index contributed by atoms with van der Waals surface area (Å²) in [4.78, 5) is -0.611. The average Bonchev–Trinajstić information content (AvgIpc) is 3.77. The number of fused-ring (bicyclic) bond motifs is 6. The van der Waals surface area contributed by atoms with Crippen LogP contribution in [0, 0.1) is 0 Å². The molecule has 0 bridgehead atoms. The van der Waals surface area contributed by atoms with Crippen LogP contribution in [0.2, 0.25) is 0 Å². The van der Waals surface area contributed by atoms with Gasteiger partial charge >= 0.3 is 118 Å². The van der Waals surface area contributed by atoms with Crippen molar-refractivity contribution in [2.45, 2.75) is 19.6 Å². The SMILES string of the molecule is O=S(=O)([O-])c1cc(-n2nc3ccc4c(S(=O)(=O)[O-])cccc4c3n2)ccc1/C=C/c1ccc(-n2nc3cc(S(=O)(=O)[O-])c4ccccc4c3n2)cc1S(=O)(=O)[O-].[Na+].[Na+].[Na+].[Na+]. The molecule has 26 heteroatoms. The van der Waals surface area contributed by atoms with E-state index in [-0.39, 0.29) is 184 Å². The van der Waals surface area contributed by atoms with Crippen LogP contribution >= 0.6 is 0 Å². The van der Waals surface area contributed by atoms with Crippen LogP contribution in [0.3, 0.4) is 0 Å². The summed E-state index contributed by atoms with van der Waals surface area (Å²) in [5.74, 6) is 0. The van der Waals surface area contributed by atoms with E-state index in [0.717, 1.165) is 46.0 Å². The number of hydrogen-bond donors (Lipinski definition) is 0. The maximum Gasteiger partial charge on any atom is 1.00 e. The second-order valence-electron chi connectivity index (χ2n) is 12.1. The second kappa shape index (κ2) is 18.6. The van der Waals surface area contributed by atoms with Crippen LogP contribution in [-0.2, 0) is 40.5 Å². The van der Waals surface area contributed by atoms with E-state index in [1.807, 2.05) is 0 Å². The van der Waals surface area contributed by atoms with E-state index < -0.39 is 60.1 Å². The van der Waals surface area contributed by atoms with E-state index in [1.165, 1.54) is 66.7 Å². The number of hydrogen-bond acceptors (Lipinski definition) is 16. The van der Waals surface area contributed by atoms with Gasteiger partial charge in [-0.2, -0.15) is 9.59 Å². The van der Waals surface area contributed by atoms with Crippen LogP contribution in [0.4, 0.5) is 0 Å². The number of nitrogens with zero attached hydrogens (tertiary/aromatic N) is 6. The monoisotopic (exact) mass is 922 g/mol. The third kappa shape index (κ3) is 9.88. The molecule has 0 unspecified atom stereocenters. The Kier molecular flexibility index (Phi) is 15.7.